The lowest BCUT2D eigenvalue weighted by molar-refractivity contribution is 0.112. The molecule has 1 aromatic rings. The molecule has 0 saturated heterocycles. The van der Waals surface area contributed by atoms with E-state index >= 15 is 0 Å². The van der Waals surface area contributed by atoms with Crippen molar-refractivity contribution in [2.24, 2.45) is 0 Å². The van der Waals surface area contributed by atoms with Crippen LogP contribution in [0.1, 0.15) is 16.2 Å². The number of halogens is 1. The molecule has 1 aromatic heterocycles. The first-order chi connectivity index (χ1) is 5.69. The Labute approximate surface area is 75.0 Å². The zero-order chi connectivity index (χ0) is 9.14. The van der Waals surface area contributed by atoms with Crippen molar-refractivity contribution in [2.45, 2.75) is 6.92 Å². The molecule has 0 radical (unpaired) electrons. The Hall–Kier alpha value is -1.16. The monoisotopic (exact) mass is 185 g/mol. The summed E-state index contributed by atoms with van der Waals surface area (Å²) < 4.78 is 0. The number of rotatable bonds is 2. The van der Waals surface area contributed by atoms with Crippen LogP contribution in [0.15, 0.2) is 0 Å². The number of aromatic nitrogens is 2. The van der Waals surface area contributed by atoms with E-state index in [0.717, 1.165) is 0 Å². The van der Waals surface area contributed by atoms with Crippen LogP contribution in [-0.2, 0) is 0 Å². The molecule has 0 aliphatic heterocycles. The van der Waals surface area contributed by atoms with Gasteiger partial charge in [-0.2, -0.15) is 0 Å². The highest BCUT2D eigenvalue weighted by atomic mass is 35.5. The van der Waals surface area contributed by atoms with Crippen molar-refractivity contribution in [3.05, 3.63) is 16.5 Å². The lowest BCUT2D eigenvalue weighted by atomic mass is 10.3. The first kappa shape index (κ1) is 8.93. The zero-order valence-electron chi connectivity index (χ0n) is 6.76. The average Bonchev–Trinajstić information content (AvgIpc) is 2.03. The molecule has 0 fully saturated rings. The lowest BCUT2D eigenvalue weighted by Crippen LogP contribution is -2.02. The number of hydrogen-bond acceptors (Lipinski definition) is 4. The number of aldehydes is 1. The van der Waals surface area contributed by atoms with Crippen LogP contribution in [0.4, 0.5) is 5.82 Å². The third kappa shape index (κ3) is 1.53. The highest BCUT2D eigenvalue weighted by Gasteiger charge is 2.08. The summed E-state index contributed by atoms with van der Waals surface area (Å²) in [6, 6.07) is 0. The second-order valence-corrected chi connectivity index (χ2v) is 2.55. The molecule has 1 N–H and O–H groups in total. The Morgan fingerprint density at radius 1 is 1.50 bits per heavy atom. The van der Waals surface area contributed by atoms with Crippen LogP contribution in [0.2, 0.25) is 5.15 Å². The quantitative estimate of drug-likeness (QED) is 0.557. The summed E-state index contributed by atoms with van der Waals surface area (Å²) in [6.45, 7) is 1.71. The van der Waals surface area contributed by atoms with Crippen molar-refractivity contribution in [1.29, 1.82) is 0 Å². The molecule has 5 heteroatoms. The van der Waals surface area contributed by atoms with Gasteiger partial charge in [-0.05, 0) is 6.92 Å². The maximum absolute atomic E-state index is 10.5. The van der Waals surface area contributed by atoms with Crippen LogP contribution in [0, 0.1) is 6.92 Å². The Balaban J connectivity index is 3.33. The second-order valence-electron chi connectivity index (χ2n) is 2.19. The minimum Gasteiger partial charge on any atom is -0.372 e. The fraction of sp³-hybridized carbons (Fsp3) is 0.286. The van der Waals surface area contributed by atoms with E-state index in [1.807, 2.05) is 0 Å². The van der Waals surface area contributed by atoms with Crippen LogP contribution in [0.5, 0.6) is 0 Å². The number of hydrogen-bond donors (Lipinski definition) is 1. The van der Waals surface area contributed by atoms with Crippen LogP contribution < -0.4 is 5.32 Å². The molecular weight excluding hydrogens is 178 g/mol. The van der Waals surface area contributed by atoms with E-state index in [-0.39, 0.29) is 5.15 Å². The molecule has 1 rings (SSSR count). The molecular formula is C7H8ClN3O. The molecule has 0 bridgehead atoms. The van der Waals surface area contributed by atoms with Gasteiger partial charge < -0.3 is 5.32 Å². The van der Waals surface area contributed by atoms with Crippen LogP contribution in [0.3, 0.4) is 0 Å². The predicted molar refractivity (Wildman–Crippen MR) is 46.7 cm³/mol. The van der Waals surface area contributed by atoms with Gasteiger partial charge >= 0.3 is 0 Å². The summed E-state index contributed by atoms with van der Waals surface area (Å²) in [7, 11) is 1.67. The Kier molecular flexibility index (Phi) is 2.60. The maximum Gasteiger partial charge on any atom is 0.156 e. The molecule has 0 aromatic carbocycles. The minimum atomic E-state index is 0.182. The van der Waals surface area contributed by atoms with Crippen LogP contribution in [0.25, 0.3) is 0 Å². The second kappa shape index (κ2) is 3.49. The molecule has 4 nitrogen and oxygen atoms in total. The van der Waals surface area contributed by atoms with Crippen molar-refractivity contribution in [3.8, 4) is 0 Å². The fourth-order valence-electron chi connectivity index (χ4n) is 0.842. The van der Waals surface area contributed by atoms with E-state index in [1.165, 1.54) is 0 Å². The number of anilines is 1. The topological polar surface area (TPSA) is 54.9 Å². The number of carbonyl (C=O) groups excluding carboxylic acids is 1. The van der Waals surface area contributed by atoms with Crippen LogP contribution in [-0.4, -0.2) is 23.3 Å². The first-order valence-corrected chi connectivity index (χ1v) is 3.74. The predicted octanol–water partition coefficient (Wildman–Crippen LogP) is 1.29. The third-order valence-electron chi connectivity index (χ3n) is 1.37. The van der Waals surface area contributed by atoms with Crippen molar-refractivity contribution in [1.82, 2.24) is 9.97 Å². The summed E-state index contributed by atoms with van der Waals surface area (Å²) in [6.07, 6.45) is 0.633. The van der Waals surface area contributed by atoms with Gasteiger partial charge in [0.25, 0.3) is 0 Å². The van der Waals surface area contributed by atoms with E-state index in [9.17, 15) is 4.79 Å². The summed E-state index contributed by atoms with van der Waals surface area (Å²) in [4.78, 5) is 18.3. The largest absolute Gasteiger partial charge is 0.372 e. The minimum absolute atomic E-state index is 0.182. The molecule has 0 spiro atoms. The third-order valence-corrected chi connectivity index (χ3v) is 1.65. The Morgan fingerprint density at radius 3 is 2.67 bits per heavy atom. The molecule has 12 heavy (non-hydrogen) atoms. The van der Waals surface area contributed by atoms with E-state index in [2.05, 4.69) is 15.3 Å². The maximum atomic E-state index is 10.5. The molecule has 0 aliphatic rings. The molecule has 0 amide bonds. The first-order valence-electron chi connectivity index (χ1n) is 3.36. The fourth-order valence-corrected chi connectivity index (χ4v) is 1.10. The summed E-state index contributed by atoms with van der Waals surface area (Å²) in [5.41, 5.74) is 0.296. The van der Waals surface area contributed by atoms with E-state index in [0.29, 0.717) is 23.5 Å². The standard InChI is InChI=1S/C7H8ClN3O/c1-4-10-6(8)5(3-12)7(9-2)11-4/h3H,1-2H3,(H,9,10,11). The van der Waals surface area contributed by atoms with Gasteiger partial charge in [0, 0.05) is 7.05 Å². The van der Waals surface area contributed by atoms with Gasteiger partial charge in [0.2, 0.25) is 0 Å². The number of nitrogens with one attached hydrogen (secondary N) is 1. The van der Waals surface area contributed by atoms with Gasteiger partial charge in [0.1, 0.15) is 16.8 Å². The van der Waals surface area contributed by atoms with Crippen molar-refractivity contribution in [3.63, 3.8) is 0 Å². The SMILES string of the molecule is CNc1nc(C)nc(Cl)c1C=O. The van der Waals surface area contributed by atoms with E-state index in [1.54, 1.807) is 14.0 Å². The molecule has 64 valence electrons. The molecule has 0 atom stereocenters. The normalized spacial score (nSPS) is 9.58. The average molecular weight is 186 g/mol. The number of carbonyl (C=O) groups is 1. The van der Waals surface area contributed by atoms with Crippen molar-refractivity contribution >= 4 is 23.7 Å². The van der Waals surface area contributed by atoms with Gasteiger partial charge in [-0.3, -0.25) is 4.79 Å². The summed E-state index contributed by atoms with van der Waals surface area (Å²) in [5.74, 6) is 0.998. The highest BCUT2D eigenvalue weighted by molar-refractivity contribution is 6.32. The summed E-state index contributed by atoms with van der Waals surface area (Å²) in [5, 5.41) is 2.94. The molecule has 0 aliphatic carbocycles. The van der Waals surface area contributed by atoms with Gasteiger partial charge in [-0.1, -0.05) is 11.6 Å². The van der Waals surface area contributed by atoms with Gasteiger partial charge in [0.05, 0.1) is 5.56 Å². The van der Waals surface area contributed by atoms with E-state index < -0.39 is 0 Å². The zero-order valence-corrected chi connectivity index (χ0v) is 7.51. The molecule has 0 saturated carbocycles. The summed E-state index contributed by atoms with van der Waals surface area (Å²) >= 11 is 5.69. The smallest absolute Gasteiger partial charge is 0.156 e. The van der Waals surface area contributed by atoms with Crippen molar-refractivity contribution < 1.29 is 4.79 Å². The van der Waals surface area contributed by atoms with E-state index in [4.69, 9.17) is 11.6 Å². The van der Waals surface area contributed by atoms with Gasteiger partial charge in [-0.15, -0.1) is 0 Å². The molecule has 1 heterocycles. The number of aryl methyl sites for hydroxylation is 1. The van der Waals surface area contributed by atoms with Gasteiger partial charge in [0.15, 0.2) is 6.29 Å². The van der Waals surface area contributed by atoms with Crippen molar-refractivity contribution in [2.75, 3.05) is 12.4 Å². The molecule has 0 unspecified atom stereocenters. The highest BCUT2D eigenvalue weighted by Crippen LogP contribution is 2.17. The van der Waals surface area contributed by atoms with Crippen LogP contribution >= 0.6 is 11.6 Å². The lowest BCUT2D eigenvalue weighted by Gasteiger charge is -2.04. The number of nitrogens with zero attached hydrogens (tertiary/aromatic N) is 2. The Bertz CT molecular complexity index is 314. The van der Waals surface area contributed by atoms with Gasteiger partial charge in [-0.25, -0.2) is 9.97 Å². The Morgan fingerprint density at radius 2 is 2.17 bits per heavy atom.